The third-order valence-corrected chi connectivity index (χ3v) is 6.85. The number of anilines is 1. The maximum absolute atomic E-state index is 13.6. The van der Waals surface area contributed by atoms with E-state index >= 15 is 0 Å². The van der Waals surface area contributed by atoms with Crippen LogP contribution in [0.2, 0.25) is 0 Å². The zero-order chi connectivity index (χ0) is 22.0. The van der Waals surface area contributed by atoms with Crippen molar-refractivity contribution in [3.8, 4) is 5.69 Å². The van der Waals surface area contributed by atoms with Gasteiger partial charge in [-0.05, 0) is 99.6 Å². The third-order valence-electron chi connectivity index (χ3n) is 5.41. The van der Waals surface area contributed by atoms with Crippen molar-refractivity contribution < 1.29 is 0 Å². The number of rotatable bonds is 6. The summed E-state index contributed by atoms with van der Waals surface area (Å²) < 4.78 is 6.10. The van der Waals surface area contributed by atoms with Gasteiger partial charge in [0.2, 0.25) is 0 Å². The maximum Gasteiger partial charge on any atom is 0.295 e. The zero-order valence-electron chi connectivity index (χ0n) is 17.4. The van der Waals surface area contributed by atoms with Crippen LogP contribution in [0.15, 0.2) is 83.7 Å². The van der Waals surface area contributed by atoms with Gasteiger partial charge in [0.1, 0.15) is 5.69 Å². The molecular formula is C25H23I2N3O. The summed E-state index contributed by atoms with van der Waals surface area (Å²) in [7, 11) is 1.95. The summed E-state index contributed by atoms with van der Waals surface area (Å²) in [6.07, 6.45) is 0. The molecule has 0 aliphatic heterocycles. The lowest BCUT2D eigenvalue weighted by Crippen LogP contribution is -2.29. The van der Waals surface area contributed by atoms with Crippen molar-refractivity contribution in [2.45, 2.75) is 20.0 Å². The molecule has 0 bridgehead atoms. The van der Waals surface area contributed by atoms with Gasteiger partial charge in [0.05, 0.1) is 11.4 Å². The number of benzene rings is 3. The highest BCUT2D eigenvalue weighted by atomic mass is 127. The molecule has 0 aliphatic rings. The molecule has 0 N–H and O–H groups in total. The largest absolute Gasteiger partial charge is 0.357 e. The van der Waals surface area contributed by atoms with Crippen LogP contribution in [0, 0.1) is 14.1 Å². The summed E-state index contributed by atoms with van der Waals surface area (Å²) in [5, 5.41) is 0. The van der Waals surface area contributed by atoms with E-state index in [9.17, 15) is 4.79 Å². The van der Waals surface area contributed by atoms with E-state index in [0.717, 1.165) is 17.1 Å². The Hall–Kier alpha value is -2.07. The van der Waals surface area contributed by atoms with Crippen molar-refractivity contribution in [2.24, 2.45) is 7.05 Å². The fraction of sp³-hybridized carbons (Fsp3) is 0.160. The molecule has 0 aliphatic carbocycles. The number of para-hydroxylation sites is 1. The Labute approximate surface area is 209 Å². The number of hydrogen-bond donors (Lipinski definition) is 0. The topological polar surface area (TPSA) is 30.2 Å². The van der Waals surface area contributed by atoms with Gasteiger partial charge in [-0.1, -0.05) is 42.5 Å². The van der Waals surface area contributed by atoms with Crippen molar-refractivity contribution in [1.82, 2.24) is 9.36 Å². The summed E-state index contributed by atoms with van der Waals surface area (Å²) in [6, 6.07) is 26.8. The van der Waals surface area contributed by atoms with Gasteiger partial charge in [-0.15, -0.1) is 0 Å². The van der Waals surface area contributed by atoms with Crippen molar-refractivity contribution in [3.05, 3.63) is 113 Å². The van der Waals surface area contributed by atoms with Gasteiger partial charge in [-0.3, -0.25) is 9.48 Å². The highest BCUT2D eigenvalue weighted by Gasteiger charge is 2.22. The van der Waals surface area contributed by atoms with Crippen LogP contribution in [0.3, 0.4) is 0 Å². The molecule has 1 heterocycles. The Kier molecular flexibility index (Phi) is 6.86. The van der Waals surface area contributed by atoms with Crippen LogP contribution < -0.4 is 10.5 Å². The van der Waals surface area contributed by atoms with E-state index in [-0.39, 0.29) is 5.56 Å². The van der Waals surface area contributed by atoms with E-state index < -0.39 is 0 Å². The average molecular weight is 635 g/mol. The van der Waals surface area contributed by atoms with E-state index in [1.54, 1.807) is 4.68 Å². The second-order valence-electron chi connectivity index (χ2n) is 7.52. The molecule has 0 spiro atoms. The molecular weight excluding hydrogens is 612 g/mol. The first kappa shape index (κ1) is 22.1. The highest BCUT2D eigenvalue weighted by molar-refractivity contribution is 14.1. The molecule has 158 valence electrons. The monoisotopic (exact) mass is 635 g/mol. The van der Waals surface area contributed by atoms with E-state index in [2.05, 4.69) is 98.6 Å². The third kappa shape index (κ3) is 4.90. The summed E-state index contributed by atoms with van der Waals surface area (Å²) in [4.78, 5) is 15.8. The predicted octanol–water partition coefficient (Wildman–Crippen LogP) is 5.90. The Balaban J connectivity index is 1.80. The summed E-state index contributed by atoms with van der Waals surface area (Å²) in [5.74, 6) is 0. The minimum absolute atomic E-state index is 0.00206. The van der Waals surface area contributed by atoms with Crippen molar-refractivity contribution >= 4 is 50.9 Å². The van der Waals surface area contributed by atoms with Crippen LogP contribution in [0.1, 0.15) is 16.8 Å². The summed E-state index contributed by atoms with van der Waals surface area (Å²) >= 11 is 4.63. The molecule has 0 saturated carbocycles. The number of nitrogens with zero attached hydrogens (tertiary/aromatic N) is 3. The molecule has 3 aromatic carbocycles. The predicted molar refractivity (Wildman–Crippen MR) is 144 cm³/mol. The van der Waals surface area contributed by atoms with Gasteiger partial charge < -0.3 is 4.90 Å². The first-order valence-corrected chi connectivity index (χ1v) is 12.2. The normalized spacial score (nSPS) is 11.0. The van der Waals surface area contributed by atoms with E-state index in [0.29, 0.717) is 13.1 Å². The molecule has 31 heavy (non-hydrogen) atoms. The SMILES string of the molecule is Cc1c(N(Cc2ccc(I)cc2)Cc2ccc(I)cc2)c(=O)n(-c2ccccc2)n1C. The van der Waals surface area contributed by atoms with E-state index in [1.165, 1.54) is 18.3 Å². The van der Waals surface area contributed by atoms with Crippen molar-refractivity contribution in [2.75, 3.05) is 4.90 Å². The average Bonchev–Trinajstić information content (AvgIpc) is 2.99. The van der Waals surface area contributed by atoms with Gasteiger partial charge in [0.15, 0.2) is 0 Å². The smallest absolute Gasteiger partial charge is 0.295 e. The van der Waals surface area contributed by atoms with Gasteiger partial charge in [0.25, 0.3) is 5.56 Å². The quantitative estimate of drug-likeness (QED) is 0.247. The second-order valence-corrected chi connectivity index (χ2v) is 10.0. The van der Waals surface area contributed by atoms with Gasteiger partial charge in [0, 0.05) is 27.3 Å². The maximum atomic E-state index is 13.6. The zero-order valence-corrected chi connectivity index (χ0v) is 21.7. The minimum atomic E-state index is 0.00206. The van der Waals surface area contributed by atoms with Crippen molar-refractivity contribution in [3.63, 3.8) is 0 Å². The van der Waals surface area contributed by atoms with Gasteiger partial charge in [-0.2, -0.15) is 0 Å². The molecule has 4 nitrogen and oxygen atoms in total. The van der Waals surface area contributed by atoms with Crippen LogP contribution >= 0.6 is 45.2 Å². The van der Waals surface area contributed by atoms with Crippen LogP contribution in [0.5, 0.6) is 0 Å². The number of hydrogen-bond acceptors (Lipinski definition) is 2. The standard InChI is InChI=1S/C25H23I2N3O/c1-18-24(25(31)30(28(18)2)23-6-4-3-5-7-23)29(16-19-8-12-21(26)13-9-19)17-20-10-14-22(27)15-11-20/h3-15H,16-17H2,1-2H3. The summed E-state index contributed by atoms with van der Waals surface area (Å²) in [5.41, 5.74) is 4.92. The molecule has 0 saturated heterocycles. The van der Waals surface area contributed by atoms with Crippen LogP contribution in [-0.2, 0) is 20.1 Å². The lowest BCUT2D eigenvalue weighted by molar-refractivity contribution is 0.630. The lowest BCUT2D eigenvalue weighted by Gasteiger charge is -2.24. The Morgan fingerprint density at radius 1 is 0.774 bits per heavy atom. The molecule has 4 aromatic rings. The fourth-order valence-corrected chi connectivity index (χ4v) is 4.47. The van der Waals surface area contributed by atoms with E-state index in [4.69, 9.17) is 0 Å². The van der Waals surface area contributed by atoms with Gasteiger partial charge in [-0.25, -0.2) is 4.68 Å². The van der Waals surface area contributed by atoms with E-state index in [1.807, 2.05) is 49.0 Å². The molecule has 1 aromatic heterocycles. The highest BCUT2D eigenvalue weighted by Crippen LogP contribution is 2.23. The molecule has 0 amide bonds. The fourth-order valence-electron chi connectivity index (χ4n) is 3.75. The van der Waals surface area contributed by atoms with Gasteiger partial charge >= 0.3 is 0 Å². The number of aromatic nitrogens is 2. The summed E-state index contributed by atoms with van der Waals surface area (Å²) in [6.45, 7) is 3.35. The molecule has 0 unspecified atom stereocenters. The van der Waals surface area contributed by atoms with Crippen molar-refractivity contribution in [1.29, 1.82) is 0 Å². The Morgan fingerprint density at radius 3 is 1.74 bits per heavy atom. The molecule has 0 radical (unpaired) electrons. The number of halogens is 2. The molecule has 0 fully saturated rings. The molecule has 6 heteroatoms. The Morgan fingerprint density at radius 2 is 1.26 bits per heavy atom. The van der Waals surface area contributed by atoms with Crippen LogP contribution in [0.25, 0.3) is 5.69 Å². The first-order valence-electron chi connectivity index (χ1n) is 10.0. The van der Waals surface area contributed by atoms with Crippen LogP contribution in [-0.4, -0.2) is 9.36 Å². The minimum Gasteiger partial charge on any atom is -0.357 e. The Bertz CT molecular complexity index is 1180. The first-order chi connectivity index (χ1) is 14.9. The molecule has 4 rings (SSSR count). The molecule has 0 atom stereocenters. The van der Waals surface area contributed by atoms with Crippen LogP contribution in [0.4, 0.5) is 5.69 Å². The lowest BCUT2D eigenvalue weighted by atomic mass is 10.1. The second kappa shape index (κ2) is 9.60.